The first-order valence-corrected chi connectivity index (χ1v) is 8.00. The van der Waals surface area contributed by atoms with Crippen molar-refractivity contribution in [3.05, 3.63) is 29.8 Å². The van der Waals surface area contributed by atoms with E-state index in [1.165, 1.54) is 0 Å². The van der Waals surface area contributed by atoms with Crippen LogP contribution in [0.2, 0.25) is 0 Å². The Morgan fingerprint density at radius 3 is 2.48 bits per heavy atom. The Labute approximate surface area is 137 Å². The van der Waals surface area contributed by atoms with Crippen LogP contribution in [0.25, 0.3) is 0 Å². The molecule has 0 aliphatic heterocycles. The minimum Gasteiger partial charge on any atom is -0.383 e. The Morgan fingerprint density at radius 2 is 1.87 bits per heavy atom. The molecule has 3 N–H and O–H groups in total. The molecule has 2 unspecified atom stereocenters. The van der Waals surface area contributed by atoms with Crippen molar-refractivity contribution in [1.82, 2.24) is 10.6 Å². The monoisotopic (exact) mass is 319 g/mol. The Kier molecular flexibility index (Phi) is 6.55. The molecule has 1 fully saturated rings. The van der Waals surface area contributed by atoms with Gasteiger partial charge in [0.25, 0.3) is 5.91 Å². The molecular weight excluding hydrogens is 294 g/mol. The zero-order valence-electron chi connectivity index (χ0n) is 13.7. The first kappa shape index (κ1) is 17.4. The molecule has 1 aliphatic rings. The molecule has 2 rings (SSSR count). The SMILES string of the molecule is COCCNCCNC(=O)c1ccc(NC(=O)C2CC2C)cc1. The van der Waals surface area contributed by atoms with E-state index in [1.807, 2.05) is 0 Å². The van der Waals surface area contributed by atoms with Crippen molar-refractivity contribution < 1.29 is 14.3 Å². The molecule has 1 aromatic carbocycles. The summed E-state index contributed by atoms with van der Waals surface area (Å²) in [7, 11) is 1.65. The molecule has 0 spiro atoms. The number of hydrogen-bond donors (Lipinski definition) is 3. The summed E-state index contributed by atoms with van der Waals surface area (Å²) in [6.45, 7) is 4.74. The molecule has 0 aromatic heterocycles. The molecule has 126 valence electrons. The molecule has 1 aliphatic carbocycles. The first-order valence-electron chi connectivity index (χ1n) is 8.00. The lowest BCUT2D eigenvalue weighted by molar-refractivity contribution is -0.117. The molecule has 1 aromatic rings. The Morgan fingerprint density at radius 1 is 1.17 bits per heavy atom. The maximum atomic E-state index is 12.0. The average Bonchev–Trinajstić information content (AvgIpc) is 3.28. The summed E-state index contributed by atoms with van der Waals surface area (Å²) in [6, 6.07) is 6.96. The highest BCUT2D eigenvalue weighted by atomic mass is 16.5. The van der Waals surface area contributed by atoms with Crippen molar-refractivity contribution in [3.8, 4) is 0 Å². The smallest absolute Gasteiger partial charge is 0.251 e. The third-order valence-electron chi connectivity index (χ3n) is 3.93. The molecule has 0 saturated heterocycles. The molecule has 2 atom stereocenters. The van der Waals surface area contributed by atoms with Crippen molar-refractivity contribution in [3.63, 3.8) is 0 Å². The Bertz CT molecular complexity index is 530. The van der Waals surface area contributed by atoms with Crippen LogP contribution in [0.3, 0.4) is 0 Å². The Hall–Kier alpha value is -1.92. The van der Waals surface area contributed by atoms with Gasteiger partial charge in [0, 0.05) is 43.9 Å². The predicted octanol–water partition coefficient (Wildman–Crippen LogP) is 1.25. The number of amides is 2. The van der Waals surface area contributed by atoms with E-state index in [1.54, 1.807) is 31.4 Å². The summed E-state index contributed by atoms with van der Waals surface area (Å²) in [5.41, 5.74) is 1.31. The minimum atomic E-state index is -0.118. The number of carbonyl (C=O) groups excluding carboxylic acids is 2. The largest absolute Gasteiger partial charge is 0.383 e. The van der Waals surface area contributed by atoms with E-state index in [9.17, 15) is 9.59 Å². The van der Waals surface area contributed by atoms with Gasteiger partial charge in [-0.05, 0) is 36.6 Å². The van der Waals surface area contributed by atoms with Crippen molar-refractivity contribution >= 4 is 17.5 Å². The fourth-order valence-electron chi connectivity index (χ4n) is 2.29. The van der Waals surface area contributed by atoms with Gasteiger partial charge in [-0.3, -0.25) is 9.59 Å². The quantitative estimate of drug-likeness (QED) is 0.599. The minimum absolute atomic E-state index is 0.0665. The van der Waals surface area contributed by atoms with Gasteiger partial charge in [-0.2, -0.15) is 0 Å². The lowest BCUT2D eigenvalue weighted by Crippen LogP contribution is -2.33. The van der Waals surface area contributed by atoms with Gasteiger partial charge in [-0.15, -0.1) is 0 Å². The van der Waals surface area contributed by atoms with Crippen LogP contribution in [-0.2, 0) is 9.53 Å². The molecule has 23 heavy (non-hydrogen) atoms. The van der Waals surface area contributed by atoms with E-state index in [0.717, 1.165) is 18.7 Å². The second-order valence-electron chi connectivity index (χ2n) is 5.88. The molecule has 6 nitrogen and oxygen atoms in total. The summed E-state index contributed by atoms with van der Waals surface area (Å²) in [4.78, 5) is 23.8. The average molecular weight is 319 g/mol. The molecule has 1 saturated carbocycles. The van der Waals surface area contributed by atoms with Crippen LogP contribution in [0.5, 0.6) is 0 Å². The van der Waals surface area contributed by atoms with Gasteiger partial charge in [0.1, 0.15) is 0 Å². The third-order valence-corrected chi connectivity index (χ3v) is 3.93. The number of carbonyl (C=O) groups is 2. The van der Waals surface area contributed by atoms with Crippen LogP contribution in [0.1, 0.15) is 23.7 Å². The maximum Gasteiger partial charge on any atom is 0.251 e. The predicted molar refractivity (Wildman–Crippen MR) is 89.4 cm³/mol. The lowest BCUT2D eigenvalue weighted by atomic mass is 10.2. The number of nitrogens with one attached hydrogen (secondary N) is 3. The second kappa shape index (κ2) is 8.64. The van der Waals surface area contributed by atoms with Crippen LogP contribution in [0.4, 0.5) is 5.69 Å². The fourth-order valence-corrected chi connectivity index (χ4v) is 2.29. The van der Waals surface area contributed by atoms with Crippen molar-refractivity contribution in [2.75, 3.05) is 38.7 Å². The molecule has 0 radical (unpaired) electrons. The highest BCUT2D eigenvalue weighted by Crippen LogP contribution is 2.38. The van der Waals surface area contributed by atoms with Gasteiger partial charge in [-0.25, -0.2) is 0 Å². The highest BCUT2D eigenvalue weighted by molar-refractivity contribution is 5.96. The van der Waals surface area contributed by atoms with E-state index < -0.39 is 0 Å². The van der Waals surface area contributed by atoms with Gasteiger partial charge in [0.2, 0.25) is 5.91 Å². The van der Waals surface area contributed by atoms with Gasteiger partial charge < -0.3 is 20.7 Å². The van der Waals surface area contributed by atoms with Gasteiger partial charge >= 0.3 is 0 Å². The highest BCUT2D eigenvalue weighted by Gasteiger charge is 2.38. The van der Waals surface area contributed by atoms with E-state index in [2.05, 4.69) is 22.9 Å². The van der Waals surface area contributed by atoms with Crippen molar-refractivity contribution in [2.45, 2.75) is 13.3 Å². The third kappa shape index (κ3) is 5.65. The van der Waals surface area contributed by atoms with E-state index >= 15 is 0 Å². The molecular formula is C17H25N3O3. The van der Waals surface area contributed by atoms with Gasteiger partial charge in [0.05, 0.1) is 6.61 Å². The molecule has 0 bridgehead atoms. The molecule has 0 heterocycles. The van der Waals surface area contributed by atoms with Crippen LogP contribution >= 0.6 is 0 Å². The number of ether oxygens (including phenoxy) is 1. The van der Waals surface area contributed by atoms with E-state index in [-0.39, 0.29) is 17.7 Å². The first-order chi connectivity index (χ1) is 11.1. The lowest BCUT2D eigenvalue weighted by Gasteiger charge is -2.08. The maximum absolute atomic E-state index is 12.0. The standard InChI is InChI=1S/C17H25N3O3/c1-12-11-15(12)17(22)20-14-5-3-13(4-6-14)16(21)19-8-7-18-9-10-23-2/h3-6,12,15,18H,7-11H2,1-2H3,(H,19,21)(H,20,22). The summed E-state index contributed by atoms with van der Waals surface area (Å²) < 4.78 is 4.92. The zero-order valence-corrected chi connectivity index (χ0v) is 13.7. The zero-order chi connectivity index (χ0) is 16.7. The van der Waals surface area contributed by atoms with Crippen LogP contribution in [0.15, 0.2) is 24.3 Å². The number of anilines is 1. The second-order valence-corrected chi connectivity index (χ2v) is 5.88. The van der Waals surface area contributed by atoms with Crippen LogP contribution in [-0.4, -0.2) is 45.2 Å². The number of rotatable bonds is 9. The summed E-state index contributed by atoms with van der Waals surface area (Å²) in [5, 5.41) is 8.88. The summed E-state index contributed by atoms with van der Waals surface area (Å²) in [6.07, 6.45) is 0.963. The van der Waals surface area contributed by atoms with E-state index in [4.69, 9.17) is 4.74 Å². The molecule has 6 heteroatoms. The number of hydrogen-bond acceptors (Lipinski definition) is 4. The topological polar surface area (TPSA) is 79.5 Å². The summed E-state index contributed by atoms with van der Waals surface area (Å²) >= 11 is 0. The molecule has 2 amide bonds. The number of benzene rings is 1. The van der Waals surface area contributed by atoms with Crippen LogP contribution < -0.4 is 16.0 Å². The summed E-state index contributed by atoms with van der Waals surface area (Å²) in [5.74, 6) is 0.574. The normalized spacial score (nSPS) is 19.2. The van der Waals surface area contributed by atoms with Crippen molar-refractivity contribution in [2.24, 2.45) is 11.8 Å². The van der Waals surface area contributed by atoms with Crippen molar-refractivity contribution in [1.29, 1.82) is 0 Å². The number of methoxy groups -OCH3 is 1. The van der Waals surface area contributed by atoms with E-state index in [0.29, 0.717) is 31.2 Å². The van der Waals surface area contributed by atoms with Gasteiger partial charge in [-0.1, -0.05) is 6.92 Å². The Balaban J connectivity index is 1.71. The van der Waals surface area contributed by atoms with Crippen LogP contribution in [0, 0.1) is 11.8 Å². The van der Waals surface area contributed by atoms with Gasteiger partial charge in [0.15, 0.2) is 0 Å². The fraction of sp³-hybridized carbons (Fsp3) is 0.529.